The van der Waals surface area contributed by atoms with E-state index in [1.165, 1.54) is 11.1 Å². The number of carbonyl (C=O) groups excluding carboxylic acids is 1. The van der Waals surface area contributed by atoms with Gasteiger partial charge in [-0.15, -0.1) is 0 Å². The summed E-state index contributed by atoms with van der Waals surface area (Å²) in [5.74, 6) is 1.33. The summed E-state index contributed by atoms with van der Waals surface area (Å²) in [5, 5.41) is 6.54. The van der Waals surface area contributed by atoms with Gasteiger partial charge in [0.05, 0.1) is 0 Å². The monoisotopic (exact) mass is 273 g/mol. The van der Waals surface area contributed by atoms with Gasteiger partial charge in [-0.2, -0.15) is 0 Å². The number of hydrogen-bond donors (Lipinski definition) is 2. The van der Waals surface area contributed by atoms with E-state index in [1.807, 2.05) is 17.9 Å². The molecule has 4 nitrogen and oxygen atoms in total. The summed E-state index contributed by atoms with van der Waals surface area (Å²) in [6.45, 7) is 7.65. The Labute approximate surface area is 120 Å². The van der Waals surface area contributed by atoms with Crippen molar-refractivity contribution in [1.29, 1.82) is 0 Å². The molecular formula is C16H23N3O. The van der Waals surface area contributed by atoms with Crippen molar-refractivity contribution in [3.8, 4) is 0 Å². The van der Waals surface area contributed by atoms with Gasteiger partial charge in [0.1, 0.15) is 0 Å². The summed E-state index contributed by atoms with van der Waals surface area (Å²) >= 11 is 0. The Morgan fingerprint density at radius 2 is 2.15 bits per heavy atom. The Bertz CT molecular complexity index is 492. The first-order valence-corrected chi connectivity index (χ1v) is 7.50. The van der Waals surface area contributed by atoms with Crippen LogP contribution in [0.3, 0.4) is 0 Å². The van der Waals surface area contributed by atoms with Crippen molar-refractivity contribution in [2.75, 3.05) is 19.6 Å². The fraction of sp³-hybridized carbons (Fsp3) is 0.562. The molecule has 2 N–H and O–H groups in total. The fourth-order valence-electron chi connectivity index (χ4n) is 3.22. The summed E-state index contributed by atoms with van der Waals surface area (Å²) < 4.78 is 0. The number of piperidine rings is 1. The van der Waals surface area contributed by atoms with Crippen LogP contribution < -0.4 is 10.6 Å². The fourth-order valence-corrected chi connectivity index (χ4v) is 3.22. The molecule has 3 atom stereocenters. The quantitative estimate of drug-likeness (QED) is 0.878. The molecule has 20 heavy (non-hydrogen) atoms. The molecule has 1 saturated heterocycles. The second-order valence-corrected chi connectivity index (χ2v) is 5.96. The predicted octanol–water partition coefficient (Wildman–Crippen LogP) is 1.74. The van der Waals surface area contributed by atoms with Crippen LogP contribution in [0.4, 0.5) is 4.79 Å². The van der Waals surface area contributed by atoms with Crippen molar-refractivity contribution < 1.29 is 4.79 Å². The number of amides is 2. The zero-order valence-corrected chi connectivity index (χ0v) is 12.2. The highest BCUT2D eigenvalue weighted by atomic mass is 16.2. The minimum Gasteiger partial charge on any atom is -0.335 e. The van der Waals surface area contributed by atoms with E-state index in [2.05, 4.69) is 35.8 Å². The van der Waals surface area contributed by atoms with E-state index < -0.39 is 0 Å². The summed E-state index contributed by atoms with van der Waals surface area (Å²) in [7, 11) is 0. The van der Waals surface area contributed by atoms with E-state index in [1.54, 1.807) is 0 Å². The molecule has 1 aromatic rings. The topological polar surface area (TPSA) is 44.4 Å². The standard InChI is InChI=1S/C16H23N3O/c1-3-19(10-12-6-4-5-11(2)7-12)16(20)18-15-13-8-17-9-14(13)15/h4-7,13-15,17H,3,8-10H2,1-2H3,(H,18,20)/t13-,14+,15?. The Morgan fingerprint density at radius 1 is 1.40 bits per heavy atom. The third kappa shape index (κ3) is 2.66. The number of aryl methyl sites for hydroxylation is 1. The van der Waals surface area contributed by atoms with Gasteiger partial charge >= 0.3 is 6.03 Å². The summed E-state index contributed by atoms with van der Waals surface area (Å²) in [5.41, 5.74) is 2.43. The smallest absolute Gasteiger partial charge is 0.317 e. The van der Waals surface area contributed by atoms with Gasteiger partial charge in [0.2, 0.25) is 0 Å². The van der Waals surface area contributed by atoms with Crippen molar-refractivity contribution in [2.45, 2.75) is 26.4 Å². The summed E-state index contributed by atoms with van der Waals surface area (Å²) in [4.78, 5) is 14.2. The van der Waals surface area contributed by atoms with Crippen LogP contribution in [0.1, 0.15) is 18.1 Å². The molecule has 2 aliphatic rings. The summed E-state index contributed by atoms with van der Waals surface area (Å²) in [6, 6.07) is 8.83. The van der Waals surface area contributed by atoms with Crippen molar-refractivity contribution in [2.24, 2.45) is 11.8 Å². The van der Waals surface area contributed by atoms with Crippen molar-refractivity contribution in [1.82, 2.24) is 15.5 Å². The van der Waals surface area contributed by atoms with Gasteiger partial charge in [-0.05, 0) is 31.2 Å². The largest absolute Gasteiger partial charge is 0.335 e. The molecule has 1 saturated carbocycles. The maximum Gasteiger partial charge on any atom is 0.317 e. The molecule has 0 spiro atoms. The van der Waals surface area contributed by atoms with E-state index in [0.29, 0.717) is 24.4 Å². The van der Waals surface area contributed by atoms with Crippen LogP contribution in [-0.2, 0) is 6.54 Å². The van der Waals surface area contributed by atoms with Gasteiger partial charge in [0.25, 0.3) is 0 Å². The Balaban J connectivity index is 1.57. The van der Waals surface area contributed by atoms with Crippen LogP contribution in [0, 0.1) is 18.8 Å². The highest BCUT2D eigenvalue weighted by molar-refractivity contribution is 5.75. The van der Waals surface area contributed by atoms with Crippen molar-refractivity contribution in [3.63, 3.8) is 0 Å². The molecule has 3 rings (SSSR count). The molecule has 2 amide bonds. The molecular weight excluding hydrogens is 250 g/mol. The number of nitrogens with one attached hydrogen (secondary N) is 2. The average molecular weight is 273 g/mol. The molecule has 1 heterocycles. The number of hydrogen-bond acceptors (Lipinski definition) is 2. The van der Waals surface area contributed by atoms with Crippen LogP contribution in [0.2, 0.25) is 0 Å². The molecule has 1 aliphatic carbocycles. The van der Waals surface area contributed by atoms with E-state index in [9.17, 15) is 4.79 Å². The maximum atomic E-state index is 12.3. The van der Waals surface area contributed by atoms with Crippen molar-refractivity contribution >= 4 is 6.03 Å². The van der Waals surface area contributed by atoms with Gasteiger partial charge < -0.3 is 15.5 Å². The average Bonchev–Trinajstić information content (AvgIpc) is 2.87. The number of carbonyl (C=O) groups is 1. The molecule has 1 aromatic carbocycles. The third-order valence-corrected chi connectivity index (χ3v) is 4.51. The van der Waals surface area contributed by atoms with Gasteiger partial charge in [-0.3, -0.25) is 0 Å². The molecule has 108 valence electrons. The lowest BCUT2D eigenvalue weighted by Gasteiger charge is -2.22. The molecule has 0 radical (unpaired) electrons. The van der Waals surface area contributed by atoms with E-state index >= 15 is 0 Å². The van der Waals surface area contributed by atoms with Crippen LogP contribution in [0.15, 0.2) is 24.3 Å². The first-order chi connectivity index (χ1) is 9.69. The summed E-state index contributed by atoms with van der Waals surface area (Å²) in [6.07, 6.45) is 0. The zero-order chi connectivity index (χ0) is 14.1. The molecule has 2 fully saturated rings. The number of fused-ring (bicyclic) bond motifs is 1. The Kier molecular flexibility index (Phi) is 3.66. The Hall–Kier alpha value is -1.55. The lowest BCUT2D eigenvalue weighted by molar-refractivity contribution is 0.196. The van der Waals surface area contributed by atoms with Crippen molar-refractivity contribution in [3.05, 3.63) is 35.4 Å². The Morgan fingerprint density at radius 3 is 2.80 bits per heavy atom. The molecule has 4 heteroatoms. The van der Waals surface area contributed by atoms with Gasteiger partial charge in [-0.1, -0.05) is 29.8 Å². The molecule has 0 bridgehead atoms. The minimum atomic E-state index is 0.0772. The number of benzene rings is 1. The molecule has 0 aromatic heterocycles. The van der Waals surface area contributed by atoms with Crippen LogP contribution >= 0.6 is 0 Å². The van der Waals surface area contributed by atoms with Crippen LogP contribution in [-0.4, -0.2) is 36.6 Å². The second-order valence-electron chi connectivity index (χ2n) is 5.96. The highest BCUT2D eigenvalue weighted by Crippen LogP contribution is 2.41. The highest BCUT2D eigenvalue weighted by Gasteiger charge is 2.53. The van der Waals surface area contributed by atoms with Gasteiger partial charge in [0, 0.05) is 32.2 Å². The van der Waals surface area contributed by atoms with E-state index in [-0.39, 0.29) is 6.03 Å². The zero-order valence-electron chi connectivity index (χ0n) is 12.2. The lowest BCUT2D eigenvalue weighted by atomic mass is 10.1. The first-order valence-electron chi connectivity index (χ1n) is 7.50. The predicted molar refractivity (Wildman–Crippen MR) is 79.4 cm³/mol. The molecule has 1 aliphatic heterocycles. The van der Waals surface area contributed by atoms with Crippen LogP contribution in [0.25, 0.3) is 0 Å². The van der Waals surface area contributed by atoms with Gasteiger partial charge in [-0.25, -0.2) is 4.79 Å². The van der Waals surface area contributed by atoms with E-state index in [4.69, 9.17) is 0 Å². The number of nitrogens with zero attached hydrogens (tertiary/aromatic N) is 1. The second kappa shape index (κ2) is 5.44. The maximum absolute atomic E-state index is 12.3. The minimum absolute atomic E-state index is 0.0772. The molecule has 1 unspecified atom stereocenters. The normalized spacial score (nSPS) is 27.0. The first kappa shape index (κ1) is 13.4. The van der Waals surface area contributed by atoms with Gasteiger partial charge in [0.15, 0.2) is 0 Å². The third-order valence-electron chi connectivity index (χ3n) is 4.51. The SMILES string of the molecule is CCN(Cc1cccc(C)c1)C(=O)NC1[C@H]2CNC[C@@H]12. The lowest BCUT2D eigenvalue weighted by Crippen LogP contribution is -2.42. The van der Waals surface area contributed by atoms with E-state index in [0.717, 1.165) is 19.6 Å². The van der Waals surface area contributed by atoms with Crippen LogP contribution in [0.5, 0.6) is 0 Å². The number of urea groups is 1. The number of rotatable bonds is 4.